The Kier molecular flexibility index (Phi) is 3.76. The average molecular weight is 273 g/mol. The van der Waals surface area contributed by atoms with Gasteiger partial charge in [0.15, 0.2) is 0 Å². The summed E-state index contributed by atoms with van der Waals surface area (Å²) in [5.41, 5.74) is 0. The Hall–Kier alpha value is 1.000. The fourth-order valence-corrected chi connectivity index (χ4v) is 1.80. The zero-order valence-electron chi connectivity index (χ0n) is 5.96. The molecule has 0 aromatic carbocycles. The summed E-state index contributed by atoms with van der Waals surface area (Å²) in [5.74, 6) is 0. The van der Waals surface area contributed by atoms with Gasteiger partial charge in [-0.05, 0) is 13.3 Å². The molecule has 0 radical (unpaired) electrons. The highest BCUT2D eigenvalue weighted by atomic mass is 127. The summed E-state index contributed by atoms with van der Waals surface area (Å²) in [4.78, 5) is 0. The van der Waals surface area contributed by atoms with Crippen LogP contribution < -0.4 is 0 Å². The second-order valence-corrected chi connectivity index (χ2v) is 4.82. The molecule has 1 heterocycles. The van der Waals surface area contributed by atoms with Crippen molar-refractivity contribution in [1.82, 2.24) is 4.31 Å². The van der Waals surface area contributed by atoms with Gasteiger partial charge in [-0.15, -0.1) is 0 Å². The molecule has 1 aliphatic heterocycles. The lowest BCUT2D eigenvalue weighted by molar-refractivity contribution is 0.0634. The summed E-state index contributed by atoms with van der Waals surface area (Å²) in [6.07, 6.45) is 1.53. The molecule has 60 valence electrons. The van der Waals surface area contributed by atoms with Crippen LogP contribution in [0.15, 0.2) is 0 Å². The maximum atomic E-state index is 5.58. The summed E-state index contributed by atoms with van der Waals surface area (Å²) >= 11 is 6.50. The smallest absolute Gasteiger partial charge is 0.106 e. The SMILES string of the molecule is CC(I)O[C@H]1CCN(S)C1. The van der Waals surface area contributed by atoms with Gasteiger partial charge < -0.3 is 4.74 Å². The summed E-state index contributed by atoms with van der Waals surface area (Å²) in [7, 11) is 0. The molecule has 0 bridgehead atoms. The largest absolute Gasteiger partial charge is 0.364 e. The van der Waals surface area contributed by atoms with E-state index in [2.05, 4.69) is 42.3 Å². The fourth-order valence-electron chi connectivity index (χ4n) is 1.09. The first-order chi connectivity index (χ1) is 4.68. The van der Waals surface area contributed by atoms with Gasteiger partial charge in [-0.1, -0.05) is 35.4 Å². The molecule has 10 heavy (non-hydrogen) atoms. The highest BCUT2D eigenvalue weighted by Gasteiger charge is 2.21. The standard InChI is InChI=1S/C6H12INOS/c1-5(7)9-6-2-3-8(10)4-6/h5-6,10H,2-4H2,1H3/t5?,6-/m0/s1. The minimum absolute atomic E-state index is 0.322. The van der Waals surface area contributed by atoms with Crippen molar-refractivity contribution in [3.63, 3.8) is 0 Å². The van der Waals surface area contributed by atoms with Crippen LogP contribution in [0.1, 0.15) is 13.3 Å². The zero-order valence-corrected chi connectivity index (χ0v) is 9.01. The first-order valence-corrected chi connectivity index (χ1v) is 5.06. The molecule has 1 saturated heterocycles. The van der Waals surface area contributed by atoms with E-state index in [9.17, 15) is 0 Å². The van der Waals surface area contributed by atoms with Crippen LogP contribution in [0.5, 0.6) is 0 Å². The molecule has 1 rings (SSSR count). The number of thiol groups is 1. The lowest BCUT2D eigenvalue weighted by atomic mass is 10.3. The number of rotatable bonds is 2. The van der Waals surface area contributed by atoms with E-state index in [1.165, 1.54) is 0 Å². The minimum atomic E-state index is 0.322. The van der Waals surface area contributed by atoms with Crippen molar-refractivity contribution in [3.8, 4) is 0 Å². The third-order valence-corrected chi connectivity index (χ3v) is 2.16. The second kappa shape index (κ2) is 4.13. The molecule has 0 spiro atoms. The van der Waals surface area contributed by atoms with Crippen molar-refractivity contribution in [3.05, 3.63) is 0 Å². The van der Waals surface area contributed by atoms with E-state index in [0.29, 0.717) is 10.2 Å². The number of alkyl halides is 1. The lowest BCUT2D eigenvalue weighted by Gasteiger charge is -2.12. The third kappa shape index (κ3) is 2.94. The topological polar surface area (TPSA) is 12.5 Å². The highest BCUT2D eigenvalue weighted by molar-refractivity contribution is 14.1. The predicted molar refractivity (Wildman–Crippen MR) is 53.5 cm³/mol. The predicted octanol–water partition coefficient (Wildman–Crippen LogP) is 1.70. The summed E-state index contributed by atoms with van der Waals surface area (Å²) in [6.45, 7) is 4.08. The molecular formula is C6H12INOS. The molecule has 2 nitrogen and oxygen atoms in total. The lowest BCUT2D eigenvalue weighted by Crippen LogP contribution is -2.18. The number of hydrogen-bond acceptors (Lipinski definition) is 3. The van der Waals surface area contributed by atoms with E-state index in [1.54, 1.807) is 0 Å². The van der Waals surface area contributed by atoms with Crippen LogP contribution in [-0.2, 0) is 4.74 Å². The monoisotopic (exact) mass is 273 g/mol. The highest BCUT2D eigenvalue weighted by Crippen LogP contribution is 2.17. The van der Waals surface area contributed by atoms with Gasteiger partial charge in [-0.2, -0.15) is 0 Å². The second-order valence-electron chi connectivity index (χ2n) is 2.50. The Morgan fingerprint density at radius 1 is 1.80 bits per heavy atom. The molecule has 1 aliphatic rings. The van der Waals surface area contributed by atoms with E-state index in [4.69, 9.17) is 4.74 Å². The van der Waals surface area contributed by atoms with Crippen molar-refractivity contribution >= 4 is 35.4 Å². The number of nitrogens with zero attached hydrogens (tertiary/aromatic N) is 1. The maximum absolute atomic E-state index is 5.58. The first-order valence-electron chi connectivity index (χ1n) is 3.42. The average Bonchev–Trinajstić information content (AvgIpc) is 2.13. The molecule has 0 aromatic heterocycles. The van der Waals surface area contributed by atoms with Crippen LogP contribution in [0.3, 0.4) is 0 Å². The molecule has 1 unspecified atom stereocenters. The Balaban J connectivity index is 2.18. The summed E-state index contributed by atoms with van der Waals surface area (Å²) < 4.78 is 7.90. The molecular weight excluding hydrogens is 261 g/mol. The Morgan fingerprint density at radius 3 is 2.90 bits per heavy atom. The number of halogens is 1. The van der Waals surface area contributed by atoms with Gasteiger partial charge in [0.1, 0.15) is 4.11 Å². The van der Waals surface area contributed by atoms with Gasteiger partial charge in [-0.3, -0.25) is 4.31 Å². The Labute approximate surface area is 81.0 Å². The summed E-state index contributed by atoms with van der Waals surface area (Å²) in [6, 6.07) is 0. The van der Waals surface area contributed by atoms with Crippen LogP contribution in [0.4, 0.5) is 0 Å². The van der Waals surface area contributed by atoms with E-state index < -0.39 is 0 Å². The molecule has 0 amide bonds. The first kappa shape index (κ1) is 9.09. The summed E-state index contributed by atoms with van der Waals surface area (Å²) in [5, 5.41) is 0. The maximum Gasteiger partial charge on any atom is 0.106 e. The third-order valence-electron chi connectivity index (χ3n) is 1.50. The number of ether oxygens (including phenoxy) is 1. The van der Waals surface area contributed by atoms with E-state index in [-0.39, 0.29) is 0 Å². The van der Waals surface area contributed by atoms with Gasteiger partial charge in [0, 0.05) is 13.1 Å². The van der Waals surface area contributed by atoms with Crippen LogP contribution >= 0.6 is 35.4 Å². The van der Waals surface area contributed by atoms with Gasteiger partial charge in [0.25, 0.3) is 0 Å². The van der Waals surface area contributed by atoms with Gasteiger partial charge in [-0.25, -0.2) is 0 Å². The Bertz CT molecular complexity index is 112. The van der Waals surface area contributed by atoms with Crippen molar-refractivity contribution in [1.29, 1.82) is 0 Å². The minimum Gasteiger partial charge on any atom is -0.364 e. The molecule has 0 saturated carbocycles. The molecule has 1 fully saturated rings. The van der Waals surface area contributed by atoms with Gasteiger partial charge in [0.2, 0.25) is 0 Å². The van der Waals surface area contributed by atoms with E-state index in [1.807, 2.05) is 4.31 Å². The van der Waals surface area contributed by atoms with Crippen molar-refractivity contribution in [2.75, 3.05) is 13.1 Å². The van der Waals surface area contributed by atoms with Crippen LogP contribution in [0.2, 0.25) is 0 Å². The van der Waals surface area contributed by atoms with Crippen molar-refractivity contribution in [2.24, 2.45) is 0 Å². The molecule has 4 heteroatoms. The van der Waals surface area contributed by atoms with Gasteiger partial charge in [0.05, 0.1) is 6.10 Å². The van der Waals surface area contributed by atoms with Crippen LogP contribution in [-0.4, -0.2) is 27.6 Å². The quantitative estimate of drug-likeness (QED) is 0.467. The Morgan fingerprint density at radius 2 is 2.50 bits per heavy atom. The zero-order chi connectivity index (χ0) is 7.56. The molecule has 0 aliphatic carbocycles. The van der Waals surface area contributed by atoms with Crippen LogP contribution in [0, 0.1) is 0 Å². The van der Waals surface area contributed by atoms with Crippen molar-refractivity contribution < 1.29 is 4.74 Å². The van der Waals surface area contributed by atoms with Gasteiger partial charge >= 0.3 is 0 Å². The van der Waals surface area contributed by atoms with Crippen molar-refractivity contribution in [2.45, 2.75) is 23.6 Å². The number of hydrogen-bond donors (Lipinski definition) is 1. The van der Waals surface area contributed by atoms with Crippen LogP contribution in [0.25, 0.3) is 0 Å². The van der Waals surface area contributed by atoms with E-state index in [0.717, 1.165) is 19.5 Å². The normalized spacial score (nSPS) is 30.9. The molecule has 2 atom stereocenters. The van der Waals surface area contributed by atoms with E-state index >= 15 is 0 Å². The fraction of sp³-hybridized carbons (Fsp3) is 1.00. The molecule has 0 aromatic rings. The molecule has 0 N–H and O–H groups in total.